The van der Waals surface area contributed by atoms with Gasteiger partial charge in [-0.15, -0.1) is 0 Å². The summed E-state index contributed by atoms with van der Waals surface area (Å²) in [6, 6.07) is 18.4. The zero-order valence-corrected chi connectivity index (χ0v) is 21.6. The van der Waals surface area contributed by atoms with Crippen molar-refractivity contribution in [3.05, 3.63) is 65.7 Å². The Morgan fingerprint density at radius 1 is 0.784 bits per heavy atom. The van der Waals surface area contributed by atoms with Crippen molar-refractivity contribution in [2.45, 2.75) is 69.6 Å². The molecular formula is C33H38O4. The number of carboxylic acids is 1. The first-order valence-corrected chi connectivity index (χ1v) is 14.2. The molecule has 4 aliphatic carbocycles. The minimum atomic E-state index is -0.897. The summed E-state index contributed by atoms with van der Waals surface area (Å²) in [5.74, 6) is 2.79. The maximum atomic E-state index is 11.3. The van der Waals surface area contributed by atoms with Gasteiger partial charge in [0.15, 0.2) is 0 Å². The third-order valence-electron chi connectivity index (χ3n) is 9.32. The van der Waals surface area contributed by atoms with E-state index in [1.165, 1.54) is 54.9 Å². The SMILES string of the molecule is O=C(O)c1ccc(-c2ccc3cc(OCCCCCCO)c(C45CC6CC(CC(C6)C4)C5)cc3c2)cc1. The Kier molecular flexibility index (Phi) is 6.71. The van der Waals surface area contributed by atoms with E-state index in [2.05, 4.69) is 30.3 Å². The van der Waals surface area contributed by atoms with Crippen LogP contribution in [0.4, 0.5) is 0 Å². The topological polar surface area (TPSA) is 66.8 Å². The summed E-state index contributed by atoms with van der Waals surface area (Å²) in [4.78, 5) is 11.3. The summed E-state index contributed by atoms with van der Waals surface area (Å²) in [5, 5.41) is 20.7. The zero-order valence-electron chi connectivity index (χ0n) is 21.6. The van der Waals surface area contributed by atoms with E-state index in [0.29, 0.717) is 5.56 Å². The number of aromatic carboxylic acids is 1. The molecule has 7 rings (SSSR count). The second kappa shape index (κ2) is 10.1. The van der Waals surface area contributed by atoms with Crippen molar-refractivity contribution in [2.75, 3.05) is 13.2 Å². The summed E-state index contributed by atoms with van der Waals surface area (Å²) in [6.45, 7) is 0.998. The van der Waals surface area contributed by atoms with Gasteiger partial charge in [0, 0.05) is 12.2 Å². The quantitative estimate of drug-likeness (QED) is 0.282. The minimum absolute atomic E-state index is 0.244. The Hall–Kier alpha value is -2.85. The molecule has 0 aliphatic heterocycles. The number of hydrogen-bond acceptors (Lipinski definition) is 3. The van der Waals surface area contributed by atoms with Gasteiger partial charge in [-0.3, -0.25) is 0 Å². The normalized spacial score (nSPS) is 26.0. The number of aliphatic hydroxyl groups is 1. The van der Waals surface area contributed by atoms with Crippen LogP contribution in [-0.2, 0) is 5.41 Å². The number of fused-ring (bicyclic) bond motifs is 1. The van der Waals surface area contributed by atoms with Crippen molar-refractivity contribution >= 4 is 16.7 Å². The van der Waals surface area contributed by atoms with Gasteiger partial charge in [0.05, 0.1) is 12.2 Å². The van der Waals surface area contributed by atoms with E-state index < -0.39 is 5.97 Å². The Morgan fingerprint density at radius 2 is 1.43 bits per heavy atom. The van der Waals surface area contributed by atoms with E-state index in [1.54, 1.807) is 12.1 Å². The highest BCUT2D eigenvalue weighted by molar-refractivity contribution is 5.91. The van der Waals surface area contributed by atoms with E-state index in [-0.39, 0.29) is 12.0 Å². The molecule has 4 saturated carbocycles. The fraction of sp³-hybridized carbons (Fsp3) is 0.485. The smallest absolute Gasteiger partial charge is 0.335 e. The number of aliphatic hydroxyl groups excluding tert-OH is 1. The van der Waals surface area contributed by atoms with Gasteiger partial charge in [0.2, 0.25) is 0 Å². The van der Waals surface area contributed by atoms with Crippen molar-refractivity contribution in [1.82, 2.24) is 0 Å². The van der Waals surface area contributed by atoms with Crippen molar-refractivity contribution in [3.63, 3.8) is 0 Å². The molecule has 0 unspecified atom stereocenters. The Morgan fingerprint density at radius 3 is 2.08 bits per heavy atom. The van der Waals surface area contributed by atoms with Crippen LogP contribution in [-0.4, -0.2) is 29.4 Å². The second-order valence-electron chi connectivity index (χ2n) is 12.0. The standard InChI is InChI=1S/C33H38O4/c34-11-3-1-2-4-12-37-31-18-28-10-9-27(25-5-7-26(8-6-25)32(35)36)16-29(28)17-30(31)33-19-22-13-23(20-33)15-24(14-22)21-33/h5-10,16-18,22-24,34H,1-4,11-15,19-21H2,(H,35,36). The highest BCUT2D eigenvalue weighted by Gasteiger charge is 2.52. The first-order valence-electron chi connectivity index (χ1n) is 14.2. The Bertz CT molecular complexity index is 1240. The van der Waals surface area contributed by atoms with Crippen LogP contribution in [0.1, 0.15) is 80.1 Å². The van der Waals surface area contributed by atoms with Crippen molar-refractivity contribution in [2.24, 2.45) is 17.8 Å². The Labute approximate surface area is 219 Å². The van der Waals surface area contributed by atoms with Gasteiger partial charge in [-0.2, -0.15) is 0 Å². The molecule has 4 fully saturated rings. The van der Waals surface area contributed by atoms with Gasteiger partial charge in [-0.05, 0) is 133 Å². The molecule has 0 aromatic heterocycles. The van der Waals surface area contributed by atoms with Gasteiger partial charge < -0.3 is 14.9 Å². The van der Waals surface area contributed by atoms with Crippen LogP contribution >= 0.6 is 0 Å². The first kappa shape index (κ1) is 24.5. The summed E-state index contributed by atoms with van der Waals surface area (Å²) in [7, 11) is 0. The van der Waals surface area contributed by atoms with Crippen LogP contribution in [0.3, 0.4) is 0 Å². The molecule has 0 saturated heterocycles. The first-order chi connectivity index (χ1) is 18.0. The molecule has 2 N–H and O–H groups in total. The predicted molar refractivity (Wildman–Crippen MR) is 147 cm³/mol. The molecule has 3 aromatic rings. The minimum Gasteiger partial charge on any atom is -0.493 e. The molecule has 194 valence electrons. The van der Waals surface area contributed by atoms with Gasteiger partial charge in [-0.1, -0.05) is 30.7 Å². The van der Waals surface area contributed by atoms with Crippen LogP contribution in [0.25, 0.3) is 21.9 Å². The predicted octanol–water partition coefficient (Wildman–Crippen LogP) is 7.60. The van der Waals surface area contributed by atoms with E-state index >= 15 is 0 Å². The van der Waals surface area contributed by atoms with Crippen molar-refractivity contribution in [1.29, 1.82) is 0 Å². The molecule has 37 heavy (non-hydrogen) atoms. The summed E-state index contributed by atoms with van der Waals surface area (Å²) in [5.41, 5.74) is 4.12. The maximum Gasteiger partial charge on any atom is 0.335 e. The molecule has 4 nitrogen and oxygen atoms in total. The molecule has 0 amide bonds. The third kappa shape index (κ3) is 4.88. The lowest BCUT2D eigenvalue weighted by Crippen LogP contribution is -2.48. The van der Waals surface area contributed by atoms with Crippen molar-refractivity contribution in [3.8, 4) is 16.9 Å². The average Bonchev–Trinajstić information content (AvgIpc) is 2.89. The molecule has 4 heteroatoms. The molecule has 0 heterocycles. The van der Waals surface area contributed by atoms with Crippen LogP contribution in [0, 0.1) is 17.8 Å². The van der Waals surface area contributed by atoms with Crippen molar-refractivity contribution < 1.29 is 19.7 Å². The second-order valence-corrected chi connectivity index (χ2v) is 12.0. The number of rotatable bonds is 10. The van der Waals surface area contributed by atoms with E-state index in [1.807, 2.05) is 12.1 Å². The third-order valence-corrected chi connectivity index (χ3v) is 9.32. The van der Waals surface area contributed by atoms with Gasteiger partial charge >= 0.3 is 5.97 Å². The lowest BCUT2D eigenvalue weighted by atomic mass is 9.48. The Balaban J connectivity index is 1.35. The average molecular weight is 499 g/mol. The monoisotopic (exact) mass is 498 g/mol. The van der Waals surface area contributed by atoms with Crippen LogP contribution in [0.15, 0.2) is 54.6 Å². The largest absolute Gasteiger partial charge is 0.493 e. The molecule has 0 atom stereocenters. The highest BCUT2D eigenvalue weighted by atomic mass is 16.5. The zero-order chi connectivity index (χ0) is 25.4. The highest BCUT2D eigenvalue weighted by Crippen LogP contribution is 2.62. The fourth-order valence-electron chi connectivity index (χ4n) is 7.99. The summed E-state index contributed by atoms with van der Waals surface area (Å²) in [6.07, 6.45) is 12.2. The lowest BCUT2D eigenvalue weighted by molar-refractivity contribution is -0.00633. The van der Waals surface area contributed by atoms with Crippen LogP contribution in [0.2, 0.25) is 0 Å². The van der Waals surface area contributed by atoms with Gasteiger partial charge in [0.1, 0.15) is 5.75 Å². The molecule has 0 radical (unpaired) electrons. The summed E-state index contributed by atoms with van der Waals surface area (Å²) < 4.78 is 6.55. The number of hydrogen-bond donors (Lipinski definition) is 2. The maximum absolute atomic E-state index is 11.3. The van der Waals surface area contributed by atoms with E-state index in [0.717, 1.165) is 66.9 Å². The number of unbranched alkanes of at least 4 members (excludes halogenated alkanes) is 3. The summed E-state index contributed by atoms with van der Waals surface area (Å²) >= 11 is 0. The fourth-order valence-corrected chi connectivity index (χ4v) is 7.99. The van der Waals surface area contributed by atoms with E-state index in [4.69, 9.17) is 9.84 Å². The molecule has 4 aliphatic rings. The number of carboxylic acid groups (broad SMARTS) is 1. The van der Waals surface area contributed by atoms with Crippen LogP contribution in [0.5, 0.6) is 5.75 Å². The van der Waals surface area contributed by atoms with Gasteiger partial charge in [0.25, 0.3) is 0 Å². The van der Waals surface area contributed by atoms with Crippen LogP contribution < -0.4 is 4.74 Å². The number of benzene rings is 3. The van der Waals surface area contributed by atoms with E-state index in [9.17, 15) is 9.90 Å². The number of ether oxygens (including phenoxy) is 1. The number of carbonyl (C=O) groups is 1. The lowest BCUT2D eigenvalue weighted by Gasteiger charge is -2.57. The molecule has 0 spiro atoms. The molecular weight excluding hydrogens is 460 g/mol. The molecule has 3 aromatic carbocycles. The van der Waals surface area contributed by atoms with Gasteiger partial charge in [-0.25, -0.2) is 4.79 Å². The molecule has 4 bridgehead atoms.